The zero-order valence-corrected chi connectivity index (χ0v) is 17.2. The molecule has 0 fully saturated rings. The number of nitrogens with one attached hydrogen (secondary N) is 1. The van der Waals surface area contributed by atoms with Gasteiger partial charge >= 0.3 is 0 Å². The molecule has 0 bridgehead atoms. The molecule has 6 nitrogen and oxygen atoms in total. The summed E-state index contributed by atoms with van der Waals surface area (Å²) in [5.41, 5.74) is 7.99. The molecule has 0 aliphatic rings. The van der Waals surface area contributed by atoms with Gasteiger partial charge < -0.3 is 10.8 Å². The lowest BCUT2D eigenvalue weighted by Gasteiger charge is -2.21. The predicted octanol–water partition coefficient (Wildman–Crippen LogP) is 4.62. The van der Waals surface area contributed by atoms with Gasteiger partial charge in [-0.05, 0) is 35.2 Å². The topological polar surface area (TPSA) is 113 Å². The van der Waals surface area contributed by atoms with Gasteiger partial charge in [-0.2, -0.15) is 0 Å². The van der Waals surface area contributed by atoms with Gasteiger partial charge in [-0.3, -0.25) is 14.1 Å². The molecule has 0 saturated heterocycles. The van der Waals surface area contributed by atoms with Crippen molar-refractivity contribution in [1.82, 2.24) is 0 Å². The molecule has 2 aromatic carbocycles. The van der Waals surface area contributed by atoms with Crippen molar-refractivity contribution in [1.29, 1.82) is 0 Å². The molecule has 0 aromatic heterocycles. The monoisotopic (exact) mass is 430 g/mol. The van der Waals surface area contributed by atoms with Gasteiger partial charge in [0, 0.05) is 17.0 Å². The first-order valence-electron chi connectivity index (χ1n) is 8.06. The van der Waals surface area contributed by atoms with E-state index >= 15 is 0 Å². The van der Waals surface area contributed by atoms with Crippen molar-refractivity contribution in [2.45, 2.75) is 32.6 Å². The van der Waals surface area contributed by atoms with Crippen molar-refractivity contribution in [3.63, 3.8) is 0 Å². The molecule has 2 aromatic rings. The summed E-state index contributed by atoms with van der Waals surface area (Å²) in [7, 11) is 0. The third-order valence-electron chi connectivity index (χ3n) is 4.29. The lowest BCUT2D eigenvalue weighted by Crippen LogP contribution is -2.13. The van der Waals surface area contributed by atoms with Crippen molar-refractivity contribution in [3.8, 4) is 5.75 Å². The lowest BCUT2D eigenvalue weighted by atomic mass is 9.87. The van der Waals surface area contributed by atoms with E-state index in [2.05, 4.69) is 4.72 Å². The largest absolute Gasteiger partial charge is 0.505 e. The number of phenolic OH excluding ortho intramolecular Hbond substituents is 1. The first-order chi connectivity index (χ1) is 12.5. The molecule has 0 aliphatic heterocycles. The molecule has 9 heteroatoms. The number of hydrogen-bond acceptors (Lipinski definition) is 3. The second-order valence-electron chi connectivity index (χ2n) is 6.46. The molecule has 2 unspecified atom stereocenters. The van der Waals surface area contributed by atoms with Crippen molar-refractivity contribution in [2.24, 2.45) is 5.73 Å². The van der Waals surface area contributed by atoms with Crippen molar-refractivity contribution >= 4 is 46.1 Å². The number of carbonyl (C=O) groups excluding carboxylic acids is 1. The highest BCUT2D eigenvalue weighted by Crippen LogP contribution is 2.44. The van der Waals surface area contributed by atoms with Crippen LogP contribution < -0.4 is 10.5 Å². The van der Waals surface area contributed by atoms with E-state index in [9.17, 15) is 18.7 Å². The Hall–Kier alpha value is -1.80. The van der Waals surface area contributed by atoms with Crippen molar-refractivity contribution in [2.75, 3.05) is 4.72 Å². The molecule has 0 spiro atoms. The maximum Gasteiger partial charge on any atom is 0.259 e. The number of aromatic hydroxyl groups is 1. The smallest absolute Gasteiger partial charge is 0.259 e. The average molecular weight is 431 g/mol. The molecule has 0 radical (unpaired) electrons. The van der Waals surface area contributed by atoms with Crippen LogP contribution in [0.2, 0.25) is 10.0 Å². The highest BCUT2D eigenvalue weighted by Gasteiger charge is 2.23. The van der Waals surface area contributed by atoms with Gasteiger partial charge in [0.2, 0.25) is 5.91 Å². The van der Waals surface area contributed by atoms with Gasteiger partial charge in [-0.1, -0.05) is 50.0 Å². The Bertz CT molecular complexity index is 919. The molecule has 0 saturated carbocycles. The van der Waals surface area contributed by atoms with Gasteiger partial charge in [0.15, 0.2) is 5.75 Å². The second kappa shape index (κ2) is 8.48. The minimum absolute atomic E-state index is 0.0430. The fraction of sp³-hybridized carbons (Fsp3) is 0.278. The Kier molecular flexibility index (Phi) is 6.75. The SMILES string of the molecule is CC(C)c1cc(C(N)=O)cc(C(C)c2c(NS(=O)O)cc(Cl)c(O)c2Cl)c1. The molecule has 2 atom stereocenters. The Morgan fingerprint density at radius 1 is 1.15 bits per heavy atom. The van der Waals surface area contributed by atoms with Crippen LogP contribution >= 0.6 is 23.2 Å². The van der Waals surface area contributed by atoms with E-state index in [0.717, 1.165) is 5.56 Å². The highest BCUT2D eigenvalue weighted by atomic mass is 35.5. The van der Waals surface area contributed by atoms with E-state index in [4.69, 9.17) is 28.9 Å². The van der Waals surface area contributed by atoms with Crippen molar-refractivity contribution in [3.05, 3.63) is 56.6 Å². The molecular formula is C18H20Cl2N2O4S. The van der Waals surface area contributed by atoms with Gasteiger partial charge in [0.1, 0.15) is 0 Å². The van der Waals surface area contributed by atoms with E-state index < -0.39 is 23.1 Å². The number of primary amides is 1. The van der Waals surface area contributed by atoms with Crippen LogP contribution in [0.1, 0.15) is 59.7 Å². The van der Waals surface area contributed by atoms with Gasteiger partial charge in [0.05, 0.1) is 15.7 Å². The normalized spacial score (nSPS) is 13.4. The fourth-order valence-corrected chi connectivity index (χ4v) is 3.77. The van der Waals surface area contributed by atoms with Gasteiger partial charge in [-0.25, -0.2) is 4.21 Å². The third kappa shape index (κ3) is 4.73. The number of nitrogens with two attached hydrogens (primary N) is 1. The van der Waals surface area contributed by atoms with Crippen LogP contribution in [0.3, 0.4) is 0 Å². The number of amides is 1. The fourth-order valence-electron chi connectivity index (χ4n) is 2.79. The predicted molar refractivity (Wildman–Crippen MR) is 109 cm³/mol. The van der Waals surface area contributed by atoms with Crippen LogP contribution in [0.15, 0.2) is 24.3 Å². The van der Waals surface area contributed by atoms with Crippen LogP contribution in [0.4, 0.5) is 5.69 Å². The van der Waals surface area contributed by atoms with Crippen LogP contribution in [0, 0.1) is 0 Å². The average Bonchev–Trinajstić information content (AvgIpc) is 2.58. The molecule has 2 rings (SSSR count). The molecule has 27 heavy (non-hydrogen) atoms. The van der Waals surface area contributed by atoms with Gasteiger partial charge in [0.25, 0.3) is 11.3 Å². The second-order valence-corrected chi connectivity index (χ2v) is 7.95. The molecule has 5 N–H and O–H groups in total. The van der Waals surface area contributed by atoms with E-state index in [1.54, 1.807) is 19.1 Å². The standard InChI is InChI=1S/C18H20Cl2N2O4S/c1-8(2)10-4-11(6-12(5-10)18(21)24)9(3)15-14(22-27(25)26)7-13(19)17(23)16(15)20/h4-9,22-23H,1-3H3,(H2,21,24)(H,25,26). The van der Waals surface area contributed by atoms with E-state index in [-0.39, 0.29) is 27.4 Å². The zero-order valence-electron chi connectivity index (χ0n) is 14.9. The van der Waals surface area contributed by atoms with Crippen LogP contribution in [-0.4, -0.2) is 19.8 Å². The molecular weight excluding hydrogens is 411 g/mol. The zero-order chi connectivity index (χ0) is 20.5. The Labute approximate surface area is 170 Å². The molecule has 0 aliphatic carbocycles. The van der Waals surface area contributed by atoms with Crippen LogP contribution in [-0.2, 0) is 11.3 Å². The number of rotatable bonds is 6. The quantitative estimate of drug-likeness (QED) is 0.395. The van der Waals surface area contributed by atoms with Gasteiger partial charge in [-0.15, -0.1) is 0 Å². The lowest BCUT2D eigenvalue weighted by molar-refractivity contribution is 0.1000. The number of phenols is 1. The third-order valence-corrected chi connectivity index (χ3v) is 5.36. The van der Waals surface area contributed by atoms with Crippen LogP contribution in [0.25, 0.3) is 0 Å². The maximum absolute atomic E-state index is 11.7. The highest BCUT2D eigenvalue weighted by molar-refractivity contribution is 7.80. The van der Waals surface area contributed by atoms with Crippen LogP contribution in [0.5, 0.6) is 5.75 Å². The van der Waals surface area contributed by atoms with E-state index in [0.29, 0.717) is 16.7 Å². The summed E-state index contributed by atoms with van der Waals surface area (Å²) < 4.78 is 22.8. The summed E-state index contributed by atoms with van der Waals surface area (Å²) in [5, 5.41) is 10.0. The van der Waals surface area contributed by atoms with Crippen molar-refractivity contribution < 1.29 is 18.7 Å². The summed E-state index contributed by atoms with van der Waals surface area (Å²) in [6.45, 7) is 5.76. The Balaban J connectivity index is 2.70. The van der Waals surface area contributed by atoms with E-state index in [1.165, 1.54) is 6.07 Å². The first-order valence-corrected chi connectivity index (χ1v) is 9.92. The number of anilines is 1. The molecule has 0 heterocycles. The summed E-state index contributed by atoms with van der Waals surface area (Å²) in [5.74, 6) is -1.19. The Morgan fingerprint density at radius 2 is 1.74 bits per heavy atom. The molecule has 146 valence electrons. The maximum atomic E-state index is 11.7. The Morgan fingerprint density at radius 3 is 2.26 bits per heavy atom. The number of carbonyl (C=O) groups is 1. The molecule has 1 amide bonds. The number of halogens is 2. The van der Waals surface area contributed by atoms with E-state index in [1.807, 2.05) is 19.9 Å². The first kappa shape index (κ1) is 21.5. The minimum Gasteiger partial charge on any atom is -0.505 e. The summed E-state index contributed by atoms with van der Waals surface area (Å²) >= 11 is 9.86. The summed E-state index contributed by atoms with van der Waals surface area (Å²) in [6.07, 6.45) is 0. The minimum atomic E-state index is -2.37. The summed E-state index contributed by atoms with van der Waals surface area (Å²) in [6, 6.07) is 6.60. The number of benzene rings is 2. The number of hydrogen-bond donors (Lipinski definition) is 4. The summed E-state index contributed by atoms with van der Waals surface area (Å²) in [4.78, 5) is 11.7.